The summed E-state index contributed by atoms with van der Waals surface area (Å²) < 4.78 is 26.8. The molecule has 1 saturated heterocycles. The van der Waals surface area contributed by atoms with Gasteiger partial charge >= 0.3 is 0 Å². The van der Waals surface area contributed by atoms with Gasteiger partial charge in [0, 0.05) is 12.1 Å². The molecule has 0 spiro atoms. The van der Waals surface area contributed by atoms with Crippen molar-refractivity contribution in [1.82, 2.24) is 0 Å². The lowest BCUT2D eigenvalue weighted by Crippen LogP contribution is -3.15. The molecule has 8 heteroatoms. The maximum Gasteiger partial charge on any atom is 0.203 e. The molecule has 24 heavy (non-hydrogen) atoms. The van der Waals surface area contributed by atoms with Crippen LogP contribution in [0.1, 0.15) is 0 Å². The van der Waals surface area contributed by atoms with Crippen molar-refractivity contribution in [1.29, 1.82) is 0 Å². The van der Waals surface area contributed by atoms with Crippen LogP contribution in [0.3, 0.4) is 0 Å². The van der Waals surface area contributed by atoms with Crippen molar-refractivity contribution < 1.29 is 46.1 Å². The minimum absolute atomic E-state index is 0. The monoisotopic (exact) mass is 363 g/mol. The van der Waals surface area contributed by atoms with Crippen LogP contribution in [-0.2, 0) is 4.74 Å². The first-order valence-electron chi connectivity index (χ1n) is 7.70. The number of morpholine rings is 1. The number of benzene rings is 1. The normalized spacial score (nSPS) is 16.0. The molecule has 1 aromatic carbocycles. The van der Waals surface area contributed by atoms with Crippen molar-refractivity contribution in [2.24, 2.45) is 0 Å². The first kappa shape index (κ1) is 20.6. The molecular formula is C16H26ClNO6. The molecular weight excluding hydrogens is 338 g/mol. The summed E-state index contributed by atoms with van der Waals surface area (Å²) in [5, 5.41) is 10.1. The fourth-order valence-corrected chi connectivity index (χ4v) is 2.59. The molecule has 1 heterocycles. The summed E-state index contributed by atoms with van der Waals surface area (Å²) in [5.41, 5.74) is 0. The second-order valence-electron chi connectivity index (χ2n) is 5.39. The zero-order chi connectivity index (χ0) is 16.7. The Morgan fingerprint density at radius 2 is 1.67 bits per heavy atom. The van der Waals surface area contributed by atoms with Crippen LogP contribution in [0.2, 0.25) is 0 Å². The summed E-state index contributed by atoms with van der Waals surface area (Å²) in [5.74, 6) is 2.13. The number of halogens is 1. The van der Waals surface area contributed by atoms with E-state index in [9.17, 15) is 5.11 Å². The van der Waals surface area contributed by atoms with Crippen molar-refractivity contribution in [3.63, 3.8) is 0 Å². The van der Waals surface area contributed by atoms with E-state index in [0.29, 0.717) is 29.5 Å². The fraction of sp³-hybridized carbons (Fsp3) is 0.625. The lowest BCUT2D eigenvalue weighted by molar-refractivity contribution is -0.911. The van der Waals surface area contributed by atoms with E-state index in [4.69, 9.17) is 23.7 Å². The smallest absolute Gasteiger partial charge is 0.203 e. The van der Waals surface area contributed by atoms with Crippen LogP contribution in [0.5, 0.6) is 23.0 Å². The van der Waals surface area contributed by atoms with Gasteiger partial charge in [-0.2, -0.15) is 0 Å². The number of methoxy groups -OCH3 is 3. The minimum atomic E-state index is -0.540. The Labute approximate surface area is 148 Å². The number of hydrogen-bond acceptors (Lipinski definition) is 6. The van der Waals surface area contributed by atoms with E-state index in [2.05, 4.69) is 0 Å². The van der Waals surface area contributed by atoms with E-state index in [1.165, 1.54) is 4.90 Å². The maximum atomic E-state index is 10.1. The molecule has 0 radical (unpaired) electrons. The molecule has 0 amide bonds. The number of rotatable bonds is 8. The number of hydrogen-bond donors (Lipinski definition) is 2. The van der Waals surface area contributed by atoms with Gasteiger partial charge in [-0.3, -0.25) is 0 Å². The summed E-state index contributed by atoms with van der Waals surface area (Å²) in [6.45, 7) is 4.19. The number of aliphatic hydroxyl groups is 1. The van der Waals surface area contributed by atoms with Gasteiger partial charge in [0.1, 0.15) is 38.1 Å². The summed E-state index contributed by atoms with van der Waals surface area (Å²) in [6, 6.07) is 3.44. The highest BCUT2D eigenvalue weighted by Gasteiger charge is 2.19. The van der Waals surface area contributed by atoms with E-state index in [0.717, 1.165) is 26.3 Å². The van der Waals surface area contributed by atoms with Crippen LogP contribution in [0.15, 0.2) is 12.1 Å². The van der Waals surface area contributed by atoms with Crippen molar-refractivity contribution in [3.8, 4) is 23.0 Å². The molecule has 2 N–H and O–H groups in total. The molecule has 1 aliphatic heterocycles. The van der Waals surface area contributed by atoms with Crippen molar-refractivity contribution >= 4 is 0 Å². The van der Waals surface area contributed by atoms with Gasteiger partial charge in [-0.15, -0.1) is 0 Å². The van der Waals surface area contributed by atoms with Gasteiger partial charge in [-0.1, -0.05) is 0 Å². The molecule has 1 unspecified atom stereocenters. The van der Waals surface area contributed by atoms with Gasteiger partial charge in [0.15, 0.2) is 11.5 Å². The van der Waals surface area contributed by atoms with Crippen LogP contribution in [0, 0.1) is 0 Å². The Balaban J connectivity index is 0.00000288. The topological polar surface area (TPSA) is 70.8 Å². The van der Waals surface area contributed by atoms with Crippen LogP contribution in [0.25, 0.3) is 0 Å². The molecule has 1 aromatic rings. The Bertz CT molecular complexity index is 470. The van der Waals surface area contributed by atoms with Gasteiger partial charge in [0.25, 0.3) is 0 Å². The van der Waals surface area contributed by atoms with Crippen LogP contribution < -0.4 is 36.3 Å². The van der Waals surface area contributed by atoms with Crippen molar-refractivity contribution in [3.05, 3.63) is 12.1 Å². The molecule has 0 aliphatic carbocycles. The number of ether oxygens (including phenoxy) is 5. The molecule has 0 bridgehead atoms. The SMILES string of the molecule is COc1cc(OCC(O)C[NH+]2CCOCC2)cc(OC)c1OC.[Cl-]. The highest BCUT2D eigenvalue weighted by Crippen LogP contribution is 2.40. The first-order valence-corrected chi connectivity index (χ1v) is 7.70. The van der Waals surface area contributed by atoms with Crippen molar-refractivity contribution in [2.45, 2.75) is 6.10 Å². The number of quaternary nitrogens is 1. The zero-order valence-electron chi connectivity index (χ0n) is 14.3. The van der Waals surface area contributed by atoms with E-state index >= 15 is 0 Å². The Hall–Kier alpha value is -1.41. The highest BCUT2D eigenvalue weighted by molar-refractivity contribution is 5.55. The quantitative estimate of drug-likeness (QED) is 0.497. The van der Waals surface area contributed by atoms with Crippen molar-refractivity contribution in [2.75, 3.05) is 60.8 Å². The molecule has 0 aromatic heterocycles. The largest absolute Gasteiger partial charge is 1.00 e. The highest BCUT2D eigenvalue weighted by atomic mass is 35.5. The fourth-order valence-electron chi connectivity index (χ4n) is 2.59. The molecule has 0 saturated carbocycles. The lowest BCUT2D eigenvalue weighted by Gasteiger charge is -2.25. The molecule has 1 atom stereocenters. The third kappa shape index (κ3) is 5.59. The zero-order valence-corrected chi connectivity index (χ0v) is 15.1. The van der Waals surface area contributed by atoms with E-state index in [1.807, 2.05) is 0 Å². The summed E-state index contributed by atoms with van der Waals surface area (Å²) >= 11 is 0. The standard InChI is InChI=1S/C16H25NO6.ClH/c1-19-14-8-13(9-15(20-2)16(14)21-3)23-11-12(18)10-17-4-6-22-7-5-17;/h8-9,12,18H,4-7,10-11H2,1-3H3;1H. The second kappa shape index (κ2) is 10.5. The Kier molecular flexibility index (Phi) is 8.99. The maximum absolute atomic E-state index is 10.1. The molecule has 1 aliphatic rings. The third-order valence-corrected chi connectivity index (χ3v) is 3.80. The predicted molar refractivity (Wildman–Crippen MR) is 84.0 cm³/mol. The Morgan fingerprint density at radius 3 is 2.17 bits per heavy atom. The molecule has 7 nitrogen and oxygen atoms in total. The van der Waals surface area contributed by atoms with Gasteiger partial charge < -0.3 is 46.1 Å². The Morgan fingerprint density at radius 1 is 1.08 bits per heavy atom. The minimum Gasteiger partial charge on any atom is -1.00 e. The van der Waals surface area contributed by atoms with E-state index in [-0.39, 0.29) is 19.0 Å². The second-order valence-corrected chi connectivity index (χ2v) is 5.39. The molecule has 1 fully saturated rings. The lowest BCUT2D eigenvalue weighted by atomic mass is 10.2. The van der Waals surface area contributed by atoms with Crippen LogP contribution >= 0.6 is 0 Å². The summed E-state index contributed by atoms with van der Waals surface area (Å²) in [4.78, 5) is 1.33. The van der Waals surface area contributed by atoms with E-state index < -0.39 is 6.10 Å². The molecule has 2 rings (SSSR count). The van der Waals surface area contributed by atoms with Gasteiger partial charge in [-0.25, -0.2) is 0 Å². The summed E-state index contributed by atoms with van der Waals surface area (Å²) in [6.07, 6.45) is -0.540. The van der Waals surface area contributed by atoms with Crippen LogP contribution in [0.4, 0.5) is 0 Å². The average Bonchev–Trinajstić information content (AvgIpc) is 2.59. The first-order chi connectivity index (χ1) is 11.2. The van der Waals surface area contributed by atoms with Gasteiger partial charge in [0.05, 0.1) is 34.5 Å². The van der Waals surface area contributed by atoms with E-state index in [1.54, 1.807) is 33.5 Å². The van der Waals surface area contributed by atoms with Gasteiger partial charge in [0.2, 0.25) is 5.75 Å². The average molecular weight is 364 g/mol. The number of nitrogens with one attached hydrogen (secondary N) is 1. The third-order valence-electron chi connectivity index (χ3n) is 3.80. The van der Waals surface area contributed by atoms with Crippen LogP contribution in [-0.4, -0.2) is 72.0 Å². The molecule has 138 valence electrons. The predicted octanol–water partition coefficient (Wildman–Crippen LogP) is -3.63. The summed E-state index contributed by atoms with van der Waals surface area (Å²) in [7, 11) is 4.66. The van der Waals surface area contributed by atoms with Gasteiger partial charge in [-0.05, 0) is 0 Å². The number of aliphatic hydroxyl groups excluding tert-OH is 1.